The Balaban J connectivity index is 0. The Hall–Kier alpha value is -0.752. The van der Waals surface area contributed by atoms with Crippen LogP contribution in [0, 0.1) is 13.8 Å². The molecule has 0 saturated heterocycles. The number of rotatable bonds is 4. The Bertz CT molecular complexity index is 317. The molecule has 0 amide bonds. The van der Waals surface area contributed by atoms with E-state index in [4.69, 9.17) is 4.74 Å². The molecule has 0 radical (unpaired) electrons. The molecule has 1 aromatic carbocycles. The Morgan fingerprint density at radius 1 is 1.29 bits per heavy atom. The first-order valence-corrected chi connectivity index (χ1v) is 5.25. The first kappa shape index (κ1) is 18.6. The van der Waals surface area contributed by atoms with Crippen LogP contribution in [0.1, 0.15) is 37.8 Å². The normalized spacial score (nSPS) is 8.94. The van der Waals surface area contributed by atoms with Crippen molar-refractivity contribution in [2.45, 2.75) is 26.7 Å². The Morgan fingerprint density at radius 3 is 2.24 bits per heavy atom. The zero-order valence-electron chi connectivity index (χ0n) is 10.9. The molecule has 0 fully saturated rings. The van der Waals surface area contributed by atoms with Crippen LogP contribution in [0.2, 0.25) is 0 Å². The number of carbonyl (C=O) groups excluding carboxylic acids is 1. The molecule has 0 N–H and O–H groups in total. The molecule has 0 bridgehead atoms. The van der Waals surface area contributed by atoms with E-state index < -0.39 is 0 Å². The molecule has 3 heteroatoms. The third-order valence-corrected chi connectivity index (χ3v) is 2.17. The fourth-order valence-corrected chi connectivity index (χ4v) is 1.30. The SMILES string of the molecule is CCOC(=O)[CH-]c1ccc(C(C)C)cc1.[CH3-].[W+2]. The summed E-state index contributed by atoms with van der Waals surface area (Å²) >= 11 is 0. The average Bonchev–Trinajstić information content (AvgIpc) is 2.18. The minimum Gasteiger partial charge on any atom is -0.472 e. The van der Waals surface area contributed by atoms with E-state index in [0.29, 0.717) is 12.5 Å². The molecule has 0 spiro atoms. The monoisotopic (exact) mass is 404 g/mol. The van der Waals surface area contributed by atoms with Crippen molar-refractivity contribution >= 4 is 5.97 Å². The van der Waals surface area contributed by atoms with Gasteiger partial charge in [0, 0.05) is 0 Å². The summed E-state index contributed by atoms with van der Waals surface area (Å²) in [6.07, 6.45) is 1.51. The van der Waals surface area contributed by atoms with Gasteiger partial charge in [-0.05, 0) is 12.8 Å². The van der Waals surface area contributed by atoms with E-state index in [0.717, 1.165) is 5.56 Å². The van der Waals surface area contributed by atoms with Crippen molar-refractivity contribution in [1.82, 2.24) is 0 Å². The summed E-state index contributed by atoms with van der Waals surface area (Å²) in [5.41, 5.74) is 2.16. The fourth-order valence-electron chi connectivity index (χ4n) is 1.30. The van der Waals surface area contributed by atoms with Crippen LogP contribution in [0.3, 0.4) is 0 Å². The van der Waals surface area contributed by atoms with E-state index in [1.54, 1.807) is 6.92 Å². The molecule has 0 atom stereocenters. The molecule has 94 valence electrons. The Kier molecular flexibility index (Phi) is 10.2. The zero-order chi connectivity index (χ0) is 11.3. The van der Waals surface area contributed by atoms with E-state index >= 15 is 0 Å². The predicted molar refractivity (Wildman–Crippen MR) is 67.0 cm³/mol. The number of benzene rings is 1. The van der Waals surface area contributed by atoms with Crippen LogP contribution >= 0.6 is 0 Å². The summed E-state index contributed by atoms with van der Waals surface area (Å²) in [6, 6.07) is 7.95. The van der Waals surface area contributed by atoms with Crippen molar-refractivity contribution in [3.05, 3.63) is 49.2 Å². The second-order valence-electron chi connectivity index (χ2n) is 3.72. The molecule has 0 aliphatic rings. The van der Waals surface area contributed by atoms with Gasteiger partial charge in [-0.15, -0.1) is 12.1 Å². The van der Waals surface area contributed by atoms with Crippen molar-refractivity contribution in [2.75, 3.05) is 6.61 Å². The largest absolute Gasteiger partial charge is 2.00 e. The van der Waals surface area contributed by atoms with Crippen LogP contribution in [-0.2, 0) is 30.6 Å². The molecular weight excluding hydrogens is 384 g/mol. The summed E-state index contributed by atoms with van der Waals surface area (Å²) in [5.74, 6) is 0.233. The van der Waals surface area contributed by atoms with Gasteiger partial charge in [0.05, 0.1) is 6.61 Å². The summed E-state index contributed by atoms with van der Waals surface area (Å²) in [4.78, 5) is 11.2. The van der Waals surface area contributed by atoms with Gasteiger partial charge in [-0.25, -0.2) is 0 Å². The van der Waals surface area contributed by atoms with Crippen LogP contribution in [0.25, 0.3) is 0 Å². The Morgan fingerprint density at radius 2 is 1.82 bits per heavy atom. The molecule has 0 unspecified atom stereocenters. The van der Waals surface area contributed by atoms with Crippen LogP contribution < -0.4 is 0 Å². The molecule has 0 aromatic heterocycles. The first-order chi connectivity index (χ1) is 7.13. The first-order valence-electron chi connectivity index (χ1n) is 5.25. The second-order valence-corrected chi connectivity index (χ2v) is 3.72. The van der Waals surface area contributed by atoms with Crippen LogP contribution in [-0.4, -0.2) is 12.6 Å². The quantitative estimate of drug-likeness (QED) is 0.569. The minimum absolute atomic E-state index is 0. The number of hydrogen-bond acceptors (Lipinski definition) is 2. The maximum Gasteiger partial charge on any atom is 2.00 e. The molecule has 2 nitrogen and oxygen atoms in total. The summed E-state index contributed by atoms with van der Waals surface area (Å²) in [5, 5.41) is 0. The van der Waals surface area contributed by atoms with Gasteiger partial charge in [-0.2, -0.15) is 17.7 Å². The fraction of sp³-hybridized carbons (Fsp3) is 0.357. The van der Waals surface area contributed by atoms with Crippen LogP contribution in [0.4, 0.5) is 0 Å². The van der Waals surface area contributed by atoms with E-state index in [-0.39, 0.29) is 34.5 Å². The van der Waals surface area contributed by atoms with Gasteiger partial charge in [-0.3, -0.25) is 4.79 Å². The maximum absolute atomic E-state index is 11.2. The van der Waals surface area contributed by atoms with Crippen LogP contribution in [0.5, 0.6) is 0 Å². The van der Waals surface area contributed by atoms with Crippen LogP contribution in [0.15, 0.2) is 24.3 Å². The number of esters is 1. The van der Waals surface area contributed by atoms with Gasteiger partial charge in [0.25, 0.3) is 5.97 Å². The molecule has 17 heavy (non-hydrogen) atoms. The minimum atomic E-state index is -0.283. The number of hydrogen-bond donors (Lipinski definition) is 0. The summed E-state index contributed by atoms with van der Waals surface area (Å²) < 4.78 is 4.83. The molecule has 1 rings (SSSR count). The molecule has 1 aromatic rings. The molecule has 0 heterocycles. The second kappa shape index (κ2) is 9.30. The van der Waals surface area contributed by atoms with Gasteiger partial charge >= 0.3 is 21.1 Å². The zero-order valence-corrected chi connectivity index (χ0v) is 13.8. The Labute approximate surface area is 119 Å². The summed E-state index contributed by atoms with van der Waals surface area (Å²) in [7, 11) is 0. The van der Waals surface area contributed by atoms with Gasteiger partial charge in [0.1, 0.15) is 0 Å². The summed E-state index contributed by atoms with van der Waals surface area (Å²) in [6.45, 7) is 6.50. The third-order valence-electron chi connectivity index (χ3n) is 2.17. The standard InChI is InChI=1S/C13H17O2.CH3.W/c1-4-15-13(14)9-11-5-7-12(8-6-11)10(2)3;;/h5-10H,4H2,1-3H3;1H3;/q2*-1;+2. The van der Waals surface area contributed by atoms with Gasteiger partial charge in [0.15, 0.2) is 0 Å². The predicted octanol–water partition coefficient (Wildman–Crippen LogP) is 3.37. The molecular formula is C14H20O2W. The van der Waals surface area contributed by atoms with Crippen molar-refractivity contribution in [2.24, 2.45) is 0 Å². The number of carbonyl (C=O) groups is 1. The van der Waals surface area contributed by atoms with Crippen molar-refractivity contribution in [3.63, 3.8) is 0 Å². The third kappa shape index (κ3) is 6.53. The van der Waals surface area contributed by atoms with E-state index in [1.807, 2.05) is 24.3 Å². The van der Waals surface area contributed by atoms with E-state index in [9.17, 15) is 4.79 Å². The topological polar surface area (TPSA) is 26.3 Å². The molecule has 0 saturated carbocycles. The van der Waals surface area contributed by atoms with Crippen molar-refractivity contribution < 1.29 is 30.6 Å². The smallest absolute Gasteiger partial charge is 0.472 e. The number of ether oxygens (including phenoxy) is 1. The van der Waals surface area contributed by atoms with Gasteiger partial charge < -0.3 is 12.2 Å². The van der Waals surface area contributed by atoms with Gasteiger partial charge in [-0.1, -0.05) is 25.8 Å². The van der Waals surface area contributed by atoms with Crippen molar-refractivity contribution in [1.29, 1.82) is 0 Å². The van der Waals surface area contributed by atoms with Crippen molar-refractivity contribution in [3.8, 4) is 0 Å². The maximum atomic E-state index is 11.2. The molecule has 0 aliphatic heterocycles. The average molecular weight is 404 g/mol. The van der Waals surface area contributed by atoms with Gasteiger partial charge in [0.2, 0.25) is 0 Å². The van der Waals surface area contributed by atoms with E-state index in [2.05, 4.69) is 13.8 Å². The molecule has 0 aliphatic carbocycles. The van der Waals surface area contributed by atoms with E-state index in [1.165, 1.54) is 12.0 Å².